The van der Waals surface area contributed by atoms with Crippen molar-refractivity contribution in [2.45, 2.75) is 0 Å². The van der Waals surface area contributed by atoms with Gasteiger partial charge in [0, 0.05) is 11.6 Å². The van der Waals surface area contributed by atoms with Gasteiger partial charge >= 0.3 is 5.97 Å². The van der Waals surface area contributed by atoms with Crippen LogP contribution in [0.3, 0.4) is 0 Å². The van der Waals surface area contributed by atoms with Crippen molar-refractivity contribution in [1.29, 1.82) is 0 Å². The first-order valence-electron chi connectivity index (χ1n) is 4.63. The summed E-state index contributed by atoms with van der Waals surface area (Å²) in [6.07, 6.45) is 4.11. The summed E-state index contributed by atoms with van der Waals surface area (Å²) in [6, 6.07) is 3.60. The van der Waals surface area contributed by atoms with Crippen molar-refractivity contribution in [2.75, 3.05) is 7.11 Å². The van der Waals surface area contributed by atoms with E-state index in [2.05, 4.69) is 9.97 Å². The van der Waals surface area contributed by atoms with Crippen LogP contribution in [0.5, 0.6) is 5.75 Å². The predicted octanol–water partition coefficient (Wildman–Crippen LogP) is 1.67. The molecule has 0 saturated heterocycles. The zero-order chi connectivity index (χ0) is 11.5. The lowest BCUT2D eigenvalue weighted by atomic mass is 10.1. The van der Waals surface area contributed by atoms with Crippen LogP contribution in [0, 0.1) is 0 Å². The van der Waals surface area contributed by atoms with Crippen molar-refractivity contribution in [2.24, 2.45) is 0 Å². The van der Waals surface area contributed by atoms with Crippen molar-refractivity contribution in [3.63, 3.8) is 0 Å². The van der Waals surface area contributed by atoms with E-state index in [-0.39, 0.29) is 0 Å². The van der Waals surface area contributed by atoms with Gasteiger partial charge in [-0.1, -0.05) is 0 Å². The Morgan fingerprint density at radius 3 is 3.06 bits per heavy atom. The van der Waals surface area contributed by atoms with Crippen LogP contribution in [0.1, 0.15) is 5.56 Å². The highest BCUT2D eigenvalue weighted by molar-refractivity contribution is 5.90. The number of carbonyl (C=O) groups is 1. The summed E-state index contributed by atoms with van der Waals surface area (Å²) in [5.74, 6) is -0.430. The van der Waals surface area contributed by atoms with Crippen LogP contribution in [-0.4, -0.2) is 28.2 Å². The molecule has 1 heterocycles. The van der Waals surface area contributed by atoms with E-state index in [0.29, 0.717) is 16.8 Å². The molecule has 0 unspecified atom stereocenters. The molecule has 0 aliphatic heterocycles. The van der Waals surface area contributed by atoms with Crippen LogP contribution in [0.15, 0.2) is 24.5 Å². The van der Waals surface area contributed by atoms with Gasteiger partial charge in [0.05, 0.1) is 19.0 Å². The molecule has 0 atom stereocenters. The zero-order valence-corrected chi connectivity index (χ0v) is 8.60. The molecule has 0 fully saturated rings. The van der Waals surface area contributed by atoms with E-state index < -0.39 is 5.97 Å². The molecular weight excluding hydrogens is 208 g/mol. The van der Waals surface area contributed by atoms with E-state index in [1.165, 1.54) is 13.2 Å². The second-order valence-corrected chi connectivity index (χ2v) is 3.16. The Labute approximate surface area is 91.4 Å². The number of carboxylic acids is 1. The quantitative estimate of drug-likeness (QED) is 0.768. The molecule has 0 bridgehead atoms. The Hall–Kier alpha value is -2.30. The number of fused-ring (bicyclic) bond motifs is 1. The van der Waals surface area contributed by atoms with Crippen LogP contribution in [0.2, 0.25) is 0 Å². The molecule has 2 N–H and O–H groups in total. The molecule has 2 aromatic rings. The molecule has 0 aliphatic carbocycles. The summed E-state index contributed by atoms with van der Waals surface area (Å²) in [7, 11) is 1.53. The number of carboxylic acid groups (broad SMARTS) is 1. The molecule has 2 rings (SSSR count). The van der Waals surface area contributed by atoms with Crippen LogP contribution >= 0.6 is 0 Å². The molecule has 0 saturated carbocycles. The molecule has 1 aromatic carbocycles. The van der Waals surface area contributed by atoms with Gasteiger partial charge in [0.2, 0.25) is 0 Å². The molecule has 0 amide bonds. The molecule has 0 aliphatic rings. The summed E-state index contributed by atoms with van der Waals surface area (Å²) in [5, 5.41) is 8.56. The van der Waals surface area contributed by atoms with Crippen LogP contribution in [0.4, 0.5) is 0 Å². The number of rotatable bonds is 3. The lowest BCUT2D eigenvalue weighted by molar-refractivity contribution is -0.131. The van der Waals surface area contributed by atoms with Gasteiger partial charge < -0.3 is 14.8 Å². The van der Waals surface area contributed by atoms with Gasteiger partial charge in [0.15, 0.2) is 5.75 Å². The Morgan fingerprint density at radius 1 is 1.56 bits per heavy atom. The number of hydrogen-bond acceptors (Lipinski definition) is 3. The third-order valence-corrected chi connectivity index (χ3v) is 2.19. The smallest absolute Gasteiger partial charge is 0.328 e. The molecule has 5 nitrogen and oxygen atoms in total. The maximum Gasteiger partial charge on any atom is 0.328 e. The average Bonchev–Trinajstić information content (AvgIpc) is 2.73. The van der Waals surface area contributed by atoms with Crippen molar-refractivity contribution in [3.8, 4) is 5.75 Å². The number of nitrogens with one attached hydrogen (secondary N) is 1. The second kappa shape index (κ2) is 4.06. The van der Waals surface area contributed by atoms with Crippen molar-refractivity contribution in [3.05, 3.63) is 30.1 Å². The number of aromatic nitrogens is 2. The van der Waals surface area contributed by atoms with Crippen molar-refractivity contribution >= 4 is 23.1 Å². The first kappa shape index (κ1) is 10.2. The Balaban J connectivity index is 2.56. The highest BCUT2D eigenvalue weighted by atomic mass is 16.5. The van der Waals surface area contributed by atoms with E-state index in [1.54, 1.807) is 12.4 Å². The zero-order valence-electron chi connectivity index (χ0n) is 8.60. The molecule has 0 radical (unpaired) electrons. The first-order chi connectivity index (χ1) is 7.72. The number of ether oxygens (including phenoxy) is 1. The third-order valence-electron chi connectivity index (χ3n) is 2.19. The van der Waals surface area contributed by atoms with Crippen LogP contribution < -0.4 is 4.74 Å². The summed E-state index contributed by atoms with van der Waals surface area (Å²) in [6.45, 7) is 0. The molecule has 0 spiro atoms. The summed E-state index contributed by atoms with van der Waals surface area (Å²) >= 11 is 0. The molecule has 16 heavy (non-hydrogen) atoms. The first-order valence-corrected chi connectivity index (χ1v) is 4.63. The number of H-pyrrole nitrogens is 1. The van der Waals surface area contributed by atoms with E-state index >= 15 is 0 Å². The SMILES string of the molecule is COc1c(/C=C/C(=O)O)ccc2[nH]cnc12. The van der Waals surface area contributed by atoms with Crippen LogP contribution in [-0.2, 0) is 4.79 Å². The van der Waals surface area contributed by atoms with E-state index in [0.717, 1.165) is 11.6 Å². The number of benzene rings is 1. The summed E-state index contributed by atoms with van der Waals surface area (Å²) in [4.78, 5) is 17.5. The second-order valence-electron chi connectivity index (χ2n) is 3.16. The standard InChI is InChI=1S/C11H10N2O3/c1-16-11-7(3-5-9(14)15)2-4-8-10(11)13-6-12-8/h2-6H,1H3,(H,12,13)(H,14,15)/b5-3+. The molecular formula is C11H10N2O3. The van der Waals surface area contributed by atoms with Gasteiger partial charge in [0.25, 0.3) is 0 Å². The number of imidazole rings is 1. The molecule has 1 aromatic heterocycles. The number of hydrogen-bond donors (Lipinski definition) is 2. The number of nitrogens with zero attached hydrogens (tertiary/aromatic N) is 1. The van der Waals surface area contributed by atoms with Gasteiger partial charge in [-0.15, -0.1) is 0 Å². The lowest BCUT2D eigenvalue weighted by Crippen LogP contribution is -1.90. The van der Waals surface area contributed by atoms with Crippen LogP contribution in [0.25, 0.3) is 17.1 Å². The Kier molecular flexibility index (Phi) is 2.59. The largest absolute Gasteiger partial charge is 0.494 e. The fourth-order valence-corrected chi connectivity index (χ4v) is 1.50. The third kappa shape index (κ3) is 1.75. The summed E-state index contributed by atoms with van der Waals surface area (Å²) in [5.41, 5.74) is 2.23. The van der Waals surface area contributed by atoms with E-state index in [4.69, 9.17) is 9.84 Å². The minimum absolute atomic E-state index is 0.566. The number of aliphatic carboxylic acids is 1. The van der Waals surface area contributed by atoms with Gasteiger partial charge in [-0.05, 0) is 18.2 Å². The number of methoxy groups -OCH3 is 1. The fraction of sp³-hybridized carbons (Fsp3) is 0.0909. The topological polar surface area (TPSA) is 75.2 Å². The van der Waals surface area contributed by atoms with E-state index in [9.17, 15) is 4.79 Å². The Morgan fingerprint density at radius 2 is 2.38 bits per heavy atom. The highest BCUT2D eigenvalue weighted by Gasteiger charge is 2.08. The van der Waals surface area contributed by atoms with Crippen molar-refractivity contribution in [1.82, 2.24) is 9.97 Å². The molecule has 82 valence electrons. The van der Waals surface area contributed by atoms with Gasteiger partial charge in [0.1, 0.15) is 5.52 Å². The summed E-state index contributed by atoms with van der Waals surface area (Å²) < 4.78 is 5.22. The van der Waals surface area contributed by atoms with E-state index in [1.807, 2.05) is 6.07 Å². The minimum atomic E-state index is -0.996. The average molecular weight is 218 g/mol. The number of aromatic amines is 1. The maximum absolute atomic E-state index is 10.4. The normalized spacial score (nSPS) is 11.1. The van der Waals surface area contributed by atoms with Gasteiger partial charge in [-0.3, -0.25) is 0 Å². The van der Waals surface area contributed by atoms with Crippen molar-refractivity contribution < 1.29 is 14.6 Å². The Bertz CT molecular complexity index is 557. The van der Waals surface area contributed by atoms with Gasteiger partial charge in [-0.25, -0.2) is 9.78 Å². The monoisotopic (exact) mass is 218 g/mol. The maximum atomic E-state index is 10.4. The highest BCUT2D eigenvalue weighted by Crippen LogP contribution is 2.28. The fourth-order valence-electron chi connectivity index (χ4n) is 1.50. The minimum Gasteiger partial charge on any atom is -0.494 e. The lowest BCUT2D eigenvalue weighted by Gasteiger charge is -2.04. The van der Waals surface area contributed by atoms with Gasteiger partial charge in [-0.2, -0.15) is 0 Å². The predicted molar refractivity (Wildman–Crippen MR) is 59.3 cm³/mol. The molecule has 5 heteroatoms.